The molecule has 134 valence electrons. The summed E-state index contributed by atoms with van der Waals surface area (Å²) < 4.78 is 14.5. The zero-order valence-electron chi connectivity index (χ0n) is 13.5. The molecule has 3 aromatic rings. The van der Waals surface area contributed by atoms with Crippen LogP contribution in [0, 0.1) is 5.82 Å². The molecule has 4 nitrogen and oxygen atoms in total. The third-order valence-corrected chi connectivity index (χ3v) is 5.26. The van der Waals surface area contributed by atoms with Crippen LogP contribution in [0.2, 0.25) is 10.0 Å². The Kier molecular flexibility index (Phi) is 6.19. The van der Waals surface area contributed by atoms with Crippen LogP contribution in [-0.4, -0.2) is 21.4 Å². The molecular weight excluding hydrogens is 396 g/mol. The van der Waals surface area contributed by atoms with Crippen LogP contribution in [0.4, 0.5) is 10.2 Å². The number of nitrogens with one attached hydrogen (secondary N) is 1. The molecule has 0 fully saturated rings. The lowest BCUT2D eigenvalue weighted by Gasteiger charge is -2.11. The predicted octanol–water partition coefficient (Wildman–Crippen LogP) is 5.11. The molecule has 0 bridgehead atoms. The van der Waals surface area contributed by atoms with Crippen molar-refractivity contribution in [1.29, 1.82) is 0 Å². The lowest BCUT2D eigenvalue weighted by atomic mass is 10.2. The Labute approximate surface area is 164 Å². The zero-order valence-corrected chi connectivity index (χ0v) is 15.8. The van der Waals surface area contributed by atoms with E-state index in [0.29, 0.717) is 22.4 Å². The van der Waals surface area contributed by atoms with Gasteiger partial charge in [-0.25, -0.2) is 9.07 Å². The summed E-state index contributed by atoms with van der Waals surface area (Å²) in [5.74, 6) is 0.252. The van der Waals surface area contributed by atoms with E-state index in [1.165, 1.54) is 23.9 Å². The number of hydrogen-bond acceptors (Lipinski definition) is 3. The van der Waals surface area contributed by atoms with E-state index in [9.17, 15) is 9.18 Å². The number of amides is 1. The van der Waals surface area contributed by atoms with Crippen LogP contribution in [0.5, 0.6) is 0 Å². The van der Waals surface area contributed by atoms with E-state index >= 15 is 0 Å². The van der Waals surface area contributed by atoms with Crippen molar-refractivity contribution in [3.05, 3.63) is 76.2 Å². The molecule has 0 unspecified atom stereocenters. The van der Waals surface area contributed by atoms with Crippen LogP contribution < -0.4 is 5.32 Å². The number of carbonyl (C=O) groups is 1. The molecule has 0 aliphatic rings. The van der Waals surface area contributed by atoms with Gasteiger partial charge in [-0.15, -0.1) is 11.8 Å². The first-order valence-electron chi connectivity index (χ1n) is 7.66. The van der Waals surface area contributed by atoms with E-state index in [1.54, 1.807) is 47.3 Å². The van der Waals surface area contributed by atoms with E-state index in [2.05, 4.69) is 10.4 Å². The second-order valence-corrected chi connectivity index (χ2v) is 7.23. The Balaban J connectivity index is 1.63. The van der Waals surface area contributed by atoms with Crippen LogP contribution in [0.15, 0.2) is 59.6 Å². The standard InChI is InChI=1S/C18H14Cl2FN3OS/c19-15-2-1-3-16(20)14(15)10-24-17(8-9-22-24)23-18(25)11-26-13-6-4-12(21)5-7-13/h1-9H,10-11H2,(H,23,25). The van der Waals surface area contributed by atoms with Gasteiger partial charge in [0, 0.05) is 26.6 Å². The molecule has 1 aromatic heterocycles. The minimum absolute atomic E-state index is 0.189. The maximum absolute atomic E-state index is 12.9. The minimum Gasteiger partial charge on any atom is -0.310 e. The summed E-state index contributed by atoms with van der Waals surface area (Å²) in [5.41, 5.74) is 0.732. The molecule has 3 rings (SSSR count). The highest BCUT2D eigenvalue weighted by atomic mass is 35.5. The lowest BCUT2D eigenvalue weighted by molar-refractivity contribution is -0.113. The van der Waals surface area contributed by atoms with Crippen LogP contribution in [-0.2, 0) is 11.3 Å². The van der Waals surface area contributed by atoms with Crippen LogP contribution >= 0.6 is 35.0 Å². The molecule has 1 heterocycles. The Bertz CT molecular complexity index is 895. The van der Waals surface area contributed by atoms with E-state index in [4.69, 9.17) is 23.2 Å². The van der Waals surface area contributed by atoms with Gasteiger partial charge in [0.1, 0.15) is 11.6 Å². The van der Waals surface area contributed by atoms with E-state index < -0.39 is 0 Å². The average molecular weight is 410 g/mol. The van der Waals surface area contributed by atoms with Crippen LogP contribution in [0.25, 0.3) is 0 Å². The predicted molar refractivity (Wildman–Crippen MR) is 104 cm³/mol. The quantitative estimate of drug-likeness (QED) is 0.575. The fourth-order valence-corrected chi connectivity index (χ4v) is 3.47. The number of benzene rings is 2. The first kappa shape index (κ1) is 18.8. The fraction of sp³-hybridized carbons (Fsp3) is 0.111. The number of carbonyl (C=O) groups excluding carboxylic acids is 1. The number of nitrogens with zero attached hydrogens (tertiary/aromatic N) is 2. The first-order chi connectivity index (χ1) is 12.5. The zero-order chi connectivity index (χ0) is 18.5. The molecule has 0 atom stereocenters. The first-order valence-corrected chi connectivity index (χ1v) is 9.40. The second-order valence-electron chi connectivity index (χ2n) is 5.37. The van der Waals surface area contributed by atoms with Gasteiger partial charge in [0.25, 0.3) is 0 Å². The SMILES string of the molecule is O=C(CSc1ccc(F)cc1)Nc1ccnn1Cc1c(Cl)cccc1Cl. The molecule has 1 N–H and O–H groups in total. The van der Waals surface area contributed by atoms with Crippen molar-refractivity contribution in [3.8, 4) is 0 Å². The summed E-state index contributed by atoms with van der Waals surface area (Å²) in [7, 11) is 0. The van der Waals surface area contributed by atoms with Crippen molar-refractivity contribution in [2.45, 2.75) is 11.4 Å². The molecule has 0 aliphatic heterocycles. The highest BCUT2D eigenvalue weighted by Gasteiger charge is 2.12. The van der Waals surface area contributed by atoms with Gasteiger partial charge in [-0.2, -0.15) is 5.10 Å². The maximum Gasteiger partial charge on any atom is 0.235 e. The maximum atomic E-state index is 12.9. The van der Waals surface area contributed by atoms with Gasteiger partial charge in [0.05, 0.1) is 18.5 Å². The summed E-state index contributed by atoms with van der Waals surface area (Å²) in [6.07, 6.45) is 1.59. The summed E-state index contributed by atoms with van der Waals surface area (Å²) in [6.45, 7) is 0.340. The summed E-state index contributed by atoms with van der Waals surface area (Å²) in [6, 6.07) is 13.0. The van der Waals surface area contributed by atoms with Gasteiger partial charge in [-0.05, 0) is 36.4 Å². The second kappa shape index (κ2) is 8.58. The topological polar surface area (TPSA) is 46.9 Å². The van der Waals surface area contributed by atoms with E-state index in [0.717, 1.165) is 10.5 Å². The molecule has 0 aliphatic carbocycles. The molecule has 0 saturated heterocycles. The van der Waals surface area contributed by atoms with Crippen LogP contribution in [0.1, 0.15) is 5.56 Å². The molecule has 0 spiro atoms. The normalized spacial score (nSPS) is 10.7. The Morgan fingerprint density at radius 3 is 2.50 bits per heavy atom. The number of rotatable bonds is 6. The third-order valence-electron chi connectivity index (χ3n) is 3.54. The smallest absolute Gasteiger partial charge is 0.235 e. The summed E-state index contributed by atoms with van der Waals surface area (Å²) >= 11 is 13.7. The summed E-state index contributed by atoms with van der Waals surface area (Å²) in [4.78, 5) is 13.0. The van der Waals surface area contributed by atoms with Crippen molar-refractivity contribution in [3.63, 3.8) is 0 Å². The van der Waals surface area contributed by atoms with E-state index in [-0.39, 0.29) is 17.5 Å². The monoisotopic (exact) mass is 409 g/mol. The molecule has 26 heavy (non-hydrogen) atoms. The van der Waals surface area contributed by atoms with Crippen molar-refractivity contribution >= 4 is 46.7 Å². The molecule has 1 amide bonds. The molecule has 8 heteroatoms. The number of hydrogen-bond donors (Lipinski definition) is 1. The van der Waals surface area contributed by atoms with Gasteiger partial charge in [-0.1, -0.05) is 29.3 Å². The minimum atomic E-state index is -0.305. The molecule has 0 radical (unpaired) electrons. The average Bonchev–Trinajstić information content (AvgIpc) is 3.04. The third kappa shape index (κ3) is 4.78. The fourth-order valence-electron chi connectivity index (χ4n) is 2.26. The number of thioether (sulfide) groups is 1. The van der Waals surface area contributed by atoms with Crippen molar-refractivity contribution < 1.29 is 9.18 Å². The van der Waals surface area contributed by atoms with Gasteiger partial charge >= 0.3 is 0 Å². The lowest BCUT2D eigenvalue weighted by Crippen LogP contribution is -2.18. The molecule has 2 aromatic carbocycles. The molecule has 0 saturated carbocycles. The highest BCUT2D eigenvalue weighted by Crippen LogP contribution is 2.26. The summed E-state index contributed by atoms with van der Waals surface area (Å²) in [5, 5.41) is 8.10. The molecular formula is C18H14Cl2FN3OS. The van der Waals surface area contributed by atoms with Crippen molar-refractivity contribution in [1.82, 2.24) is 9.78 Å². The number of aromatic nitrogens is 2. The Hall–Kier alpha value is -2.02. The Morgan fingerprint density at radius 2 is 1.81 bits per heavy atom. The van der Waals surface area contributed by atoms with Gasteiger partial charge in [0.2, 0.25) is 5.91 Å². The van der Waals surface area contributed by atoms with E-state index in [1.807, 2.05) is 0 Å². The van der Waals surface area contributed by atoms with Crippen molar-refractivity contribution in [2.24, 2.45) is 0 Å². The largest absolute Gasteiger partial charge is 0.310 e. The van der Waals surface area contributed by atoms with Crippen LogP contribution in [0.3, 0.4) is 0 Å². The number of anilines is 1. The Morgan fingerprint density at radius 1 is 1.12 bits per heavy atom. The highest BCUT2D eigenvalue weighted by molar-refractivity contribution is 8.00. The van der Waals surface area contributed by atoms with Gasteiger partial charge < -0.3 is 5.32 Å². The van der Waals surface area contributed by atoms with Gasteiger partial charge in [-0.3, -0.25) is 4.79 Å². The van der Waals surface area contributed by atoms with Crippen molar-refractivity contribution in [2.75, 3.05) is 11.1 Å². The number of halogens is 3. The van der Waals surface area contributed by atoms with Gasteiger partial charge in [0.15, 0.2) is 0 Å².